The average Bonchev–Trinajstić information content (AvgIpc) is 2.38. The van der Waals surface area contributed by atoms with Crippen molar-refractivity contribution in [2.75, 3.05) is 37.6 Å². The van der Waals surface area contributed by atoms with Crippen molar-refractivity contribution in [3.8, 4) is 0 Å². The van der Waals surface area contributed by atoms with E-state index in [1.165, 1.54) is 0 Å². The number of para-hydroxylation sites is 1. The summed E-state index contributed by atoms with van der Waals surface area (Å²) in [6, 6.07) is 7.79. The summed E-state index contributed by atoms with van der Waals surface area (Å²) in [6.45, 7) is 7.97. The molecule has 1 saturated heterocycles. The zero-order valence-corrected chi connectivity index (χ0v) is 12.3. The molecule has 1 aromatic carbocycles. The maximum atomic E-state index is 9.87. The van der Waals surface area contributed by atoms with E-state index in [1.807, 2.05) is 38.1 Å². The van der Waals surface area contributed by atoms with Gasteiger partial charge in [0.25, 0.3) is 0 Å². The Balaban J connectivity index is 2.03. The third kappa shape index (κ3) is 3.71. The van der Waals surface area contributed by atoms with Crippen molar-refractivity contribution in [1.82, 2.24) is 4.90 Å². The van der Waals surface area contributed by atoms with Crippen LogP contribution < -0.4 is 10.6 Å². The molecule has 0 saturated carbocycles. The first-order chi connectivity index (χ1) is 9.37. The van der Waals surface area contributed by atoms with Crippen molar-refractivity contribution >= 4 is 11.5 Å². The molecule has 5 heteroatoms. The van der Waals surface area contributed by atoms with Crippen LogP contribution in [0.25, 0.3) is 0 Å². The first-order valence-corrected chi connectivity index (χ1v) is 7.00. The van der Waals surface area contributed by atoms with Crippen LogP contribution >= 0.6 is 0 Å². The Bertz CT molecular complexity index is 473. The van der Waals surface area contributed by atoms with Gasteiger partial charge in [-0.3, -0.25) is 10.3 Å². The molecule has 2 rings (SSSR count). The largest absolute Gasteiger partial charge is 0.389 e. The van der Waals surface area contributed by atoms with Crippen LogP contribution in [-0.4, -0.2) is 54.2 Å². The van der Waals surface area contributed by atoms with E-state index < -0.39 is 5.60 Å². The van der Waals surface area contributed by atoms with Crippen LogP contribution in [-0.2, 0) is 0 Å². The van der Waals surface area contributed by atoms with Crippen LogP contribution in [0, 0.1) is 5.41 Å². The van der Waals surface area contributed by atoms with Gasteiger partial charge in [0.2, 0.25) is 0 Å². The number of nitrogens with zero attached hydrogens (tertiary/aromatic N) is 2. The van der Waals surface area contributed by atoms with Gasteiger partial charge in [0.1, 0.15) is 5.84 Å². The summed E-state index contributed by atoms with van der Waals surface area (Å²) in [5.74, 6) is 0.111. The maximum absolute atomic E-state index is 9.87. The van der Waals surface area contributed by atoms with Gasteiger partial charge < -0.3 is 15.7 Å². The molecule has 1 aliphatic rings. The lowest BCUT2D eigenvalue weighted by Gasteiger charge is -2.38. The van der Waals surface area contributed by atoms with Crippen LogP contribution in [0.4, 0.5) is 5.69 Å². The van der Waals surface area contributed by atoms with E-state index >= 15 is 0 Å². The number of amidine groups is 1. The number of anilines is 1. The zero-order valence-electron chi connectivity index (χ0n) is 12.3. The minimum absolute atomic E-state index is 0.111. The first-order valence-electron chi connectivity index (χ1n) is 7.00. The minimum atomic E-state index is -0.653. The highest BCUT2D eigenvalue weighted by Gasteiger charge is 2.23. The predicted molar refractivity (Wildman–Crippen MR) is 82.4 cm³/mol. The minimum Gasteiger partial charge on any atom is -0.389 e. The predicted octanol–water partition coefficient (Wildman–Crippen LogP) is 0.864. The Morgan fingerprint density at radius 1 is 1.25 bits per heavy atom. The van der Waals surface area contributed by atoms with E-state index in [4.69, 9.17) is 11.1 Å². The highest BCUT2D eigenvalue weighted by molar-refractivity contribution is 6.00. The third-order valence-electron chi connectivity index (χ3n) is 3.52. The van der Waals surface area contributed by atoms with Crippen LogP contribution in [0.1, 0.15) is 19.4 Å². The Hall–Kier alpha value is -1.59. The van der Waals surface area contributed by atoms with Crippen molar-refractivity contribution in [1.29, 1.82) is 5.41 Å². The quantitative estimate of drug-likeness (QED) is 0.563. The molecule has 0 spiro atoms. The van der Waals surface area contributed by atoms with E-state index in [-0.39, 0.29) is 5.84 Å². The van der Waals surface area contributed by atoms with Gasteiger partial charge in [-0.15, -0.1) is 0 Å². The van der Waals surface area contributed by atoms with Crippen molar-refractivity contribution in [2.45, 2.75) is 19.4 Å². The number of benzene rings is 1. The molecular weight excluding hydrogens is 252 g/mol. The number of β-amino-alcohol motifs (C(OH)–C–C–N with tert-alkyl or cyclic N) is 1. The molecule has 20 heavy (non-hydrogen) atoms. The Kier molecular flexibility index (Phi) is 4.30. The lowest BCUT2D eigenvalue weighted by Crippen LogP contribution is -2.50. The second-order valence-electron chi connectivity index (χ2n) is 6.01. The number of nitrogens with two attached hydrogens (primary N) is 1. The fraction of sp³-hybridized carbons (Fsp3) is 0.533. The first kappa shape index (κ1) is 14.8. The van der Waals surface area contributed by atoms with Crippen LogP contribution in [0.3, 0.4) is 0 Å². The highest BCUT2D eigenvalue weighted by atomic mass is 16.3. The molecule has 0 bridgehead atoms. The molecule has 110 valence electrons. The molecule has 0 radical (unpaired) electrons. The Morgan fingerprint density at radius 2 is 1.85 bits per heavy atom. The summed E-state index contributed by atoms with van der Waals surface area (Å²) in [5.41, 5.74) is 6.82. The molecule has 0 aliphatic carbocycles. The number of piperazine rings is 1. The van der Waals surface area contributed by atoms with Crippen molar-refractivity contribution < 1.29 is 5.11 Å². The Labute approximate surface area is 120 Å². The van der Waals surface area contributed by atoms with Gasteiger partial charge in [0.05, 0.1) is 5.60 Å². The second-order valence-corrected chi connectivity index (χ2v) is 6.01. The molecule has 1 aliphatic heterocycles. The summed E-state index contributed by atoms with van der Waals surface area (Å²) < 4.78 is 0. The van der Waals surface area contributed by atoms with Gasteiger partial charge in [0, 0.05) is 44.0 Å². The number of aliphatic hydroxyl groups is 1. The molecule has 4 N–H and O–H groups in total. The van der Waals surface area contributed by atoms with E-state index in [9.17, 15) is 5.11 Å². The van der Waals surface area contributed by atoms with Gasteiger partial charge in [-0.25, -0.2) is 0 Å². The number of hydrogen-bond acceptors (Lipinski definition) is 4. The molecule has 1 heterocycles. The van der Waals surface area contributed by atoms with Gasteiger partial charge in [0.15, 0.2) is 0 Å². The van der Waals surface area contributed by atoms with Gasteiger partial charge in [-0.1, -0.05) is 12.1 Å². The zero-order chi connectivity index (χ0) is 14.8. The van der Waals surface area contributed by atoms with Crippen molar-refractivity contribution in [3.63, 3.8) is 0 Å². The molecule has 1 fully saturated rings. The number of nitrogen functional groups attached to an aromatic ring is 1. The van der Waals surface area contributed by atoms with Gasteiger partial charge in [-0.2, -0.15) is 0 Å². The van der Waals surface area contributed by atoms with Crippen LogP contribution in [0.5, 0.6) is 0 Å². The summed E-state index contributed by atoms with van der Waals surface area (Å²) in [6.07, 6.45) is 0. The van der Waals surface area contributed by atoms with E-state index in [0.29, 0.717) is 6.54 Å². The fourth-order valence-electron chi connectivity index (χ4n) is 2.67. The summed E-state index contributed by atoms with van der Waals surface area (Å²) in [4.78, 5) is 4.53. The lowest BCUT2D eigenvalue weighted by molar-refractivity contribution is 0.0345. The molecule has 0 unspecified atom stereocenters. The maximum Gasteiger partial charge on any atom is 0.124 e. The van der Waals surface area contributed by atoms with E-state index in [1.54, 1.807) is 0 Å². The average molecular weight is 276 g/mol. The summed E-state index contributed by atoms with van der Waals surface area (Å²) in [5, 5.41) is 17.5. The third-order valence-corrected chi connectivity index (χ3v) is 3.52. The number of rotatable bonds is 4. The molecule has 0 aromatic heterocycles. The monoisotopic (exact) mass is 276 g/mol. The van der Waals surface area contributed by atoms with Crippen LogP contribution in [0.2, 0.25) is 0 Å². The van der Waals surface area contributed by atoms with Crippen molar-refractivity contribution in [3.05, 3.63) is 29.8 Å². The Morgan fingerprint density at radius 3 is 2.40 bits per heavy atom. The van der Waals surface area contributed by atoms with Crippen molar-refractivity contribution in [2.24, 2.45) is 5.73 Å². The van der Waals surface area contributed by atoms with E-state index in [0.717, 1.165) is 37.4 Å². The molecule has 1 aromatic rings. The standard InChI is InChI=1S/C15H24N4O/c1-15(2,20)11-18-7-9-19(10-8-18)13-6-4-3-5-12(13)14(16)17/h3-6,20H,7-11H2,1-2H3,(H3,16,17). The second kappa shape index (κ2) is 5.81. The summed E-state index contributed by atoms with van der Waals surface area (Å²) >= 11 is 0. The molecule has 0 atom stereocenters. The number of nitrogens with one attached hydrogen (secondary N) is 1. The normalized spacial score (nSPS) is 17.2. The lowest BCUT2D eigenvalue weighted by atomic mass is 10.1. The topological polar surface area (TPSA) is 76.6 Å². The molecule has 0 amide bonds. The van der Waals surface area contributed by atoms with Crippen LogP contribution in [0.15, 0.2) is 24.3 Å². The fourth-order valence-corrected chi connectivity index (χ4v) is 2.67. The van der Waals surface area contributed by atoms with E-state index in [2.05, 4.69) is 9.80 Å². The molecular formula is C15H24N4O. The highest BCUT2D eigenvalue weighted by Crippen LogP contribution is 2.21. The smallest absolute Gasteiger partial charge is 0.124 e. The number of hydrogen-bond donors (Lipinski definition) is 3. The SMILES string of the molecule is CC(C)(O)CN1CCN(c2ccccc2C(=N)N)CC1. The van der Waals surface area contributed by atoms with Gasteiger partial charge in [-0.05, 0) is 26.0 Å². The van der Waals surface area contributed by atoms with Gasteiger partial charge >= 0.3 is 0 Å². The summed E-state index contributed by atoms with van der Waals surface area (Å²) in [7, 11) is 0. The molecule has 5 nitrogen and oxygen atoms in total.